The molecule has 0 atom stereocenters. The SMILES string of the molecule is Clc1ccc(-c2ccccc2CN2CCN(c3ccc4c(Cl)ncnc4c3)CC2)cc1.O=c1[nH]cnc2cc(N3CCN(Cc4ccccc4-c4ccc(Cl)cc4)CC3)ccc12. The van der Waals surface area contributed by atoms with E-state index in [0.29, 0.717) is 10.5 Å². The highest BCUT2D eigenvalue weighted by atomic mass is 35.5. The topological polar surface area (TPSA) is 84.5 Å². The monoisotopic (exact) mass is 878 g/mol. The number of hydrogen-bond donors (Lipinski definition) is 1. The summed E-state index contributed by atoms with van der Waals surface area (Å²) in [6, 6.07) is 45.5. The fraction of sp³-hybridized carbons (Fsp3) is 0.200. The van der Waals surface area contributed by atoms with E-state index >= 15 is 0 Å². The number of rotatable bonds is 8. The number of nitrogens with zero attached hydrogens (tertiary/aromatic N) is 7. The third-order valence-corrected chi connectivity index (χ3v) is 12.6. The lowest BCUT2D eigenvalue weighted by Crippen LogP contribution is -2.46. The van der Waals surface area contributed by atoms with Crippen LogP contribution in [0.5, 0.6) is 0 Å². The maximum atomic E-state index is 11.9. The summed E-state index contributed by atoms with van der Waals surface area (Å²) in [5.74, 6) is 0. The Morgan fingerprint density at radius 1 is 0.500 bits per heavy atom. The van der Waals surface area contributed by atoms with E-state index < -0.39 is 0 Å². The third kappa shape index (κ3) is 9.63. The van der Waals surface area contributed by atoms with Crippen molar-refractivity contribution >= 4 is 68.0 Å². The second-order valence-electron chi connectivity index (χ2n) is 15.7. The van der Waals surface area contributed by atoms with Gasteiger partial charge in [0, 0.05) is 92.3 Å². The smallest absolute Gasteiger partial charge is 0.258 e. The van der Waals surface area contributed by atoms with Gasteiger partial charge < -0.3 is 14.8 Å². The van der Waals surface area contributed by atoms with Crippen molar-refractivity contribution in [1.82, 2.24) is 29.7 Å². The molecule has 0 radical (unpaired) electrons. The molecule has 0 unspecified atom stereocenters. The Bertz CT molecular complexity index is 2860. The molecule has 2 aliphatic heterocycles. The molecule has 0 amide bonds. The Balaban J connectivity index is 0.000000158. The summed E-state index contributed by atoms with van der Waals surface area (Å²) < 4.78 is 0. The molecule has 62 heavy (non-hydrogen) atoms. The predicted molar refractivity (Wildman–Crippen MR) is 256 cm³/mol. The average molecular weight is 880 g/mol. The third-order valence-electron chi connectivity index (χ3n) is 11.8. The van der Waals surface area contributed by atoms with E-state index in [-0.39, 0.29) is 5.56 Å². The summed E-state index contributed by atoms with van der Waals surface area (Å²) >= 11 is 18.3. The maximum absolute atomic E-state index is 11.9. The van der Waals surface area contributed by atoms with Crippen LogP contribution < -0.4 is 15.4 Å². The standard InChI is InChI=1S/C25H22Cl2N4.C25H23ClN4O/c26-20-7-5-18(6-8-20)22-4-2-1-3-19(22)16-30-11-13-31(14-12-30)21-9-10-23-24(15-21)28-17-29-25(23)27;26-20-7-5-18(6-8-20)22-4-2-1-3-19(22)16-29-11-13-30(14-12-29)21-9-10-23-24(15-21)27-17-28-25(23)31/h1-10,15,17H,11-14,16H2;1-10,15,17H,11-14,16H2,(H,27,28,31). The second-order valence-corrected chi connectivity index (χ2v) is 16.9. The first-order chi connectivity index (χ1) is 30.3. The van der Waals surface area contributed by atoms with Crippen molar-refractivity contribution in [3.05, 3.63) is 183 Å². The van der Waals surface area contributed by atoms with Crippen LogP contribution >= 0.6 is 34.8 Å². The first kappa shape index (κ1) is 41.5. The van der Waals surface area contributed by atoms with Gasteiger partial charge in [-0.05, 0) is 94.0 Å². The van der Waals surface area contributed by atoms with Gasteiger partial charge in [-0.25, -0.2) is 15.0 Å². The summed E-state index contributed by atoms with van der Waals surface area (Å²) in [6.45, 7) is 9.69. The Labute approximate surface area is 376 Å². The lowest BCUT2D eigenvalue weighted by atomic mass is 9.99. The van der Waals surface area contributed by atoms with Crippen molar-refractivity contribution in [2.24, 2.45) is 0 Å². The number of anilines is 2. The normalized spacial score (nSPS) is 14.8. The molecule has 0 bridgehead atoms. The minimum atomic E-state index is -0.0966. The van der Waals surface area contributed by atoms with Gasteiger partial charge in [0.1, 0.15) is 11.5 Å². The van der Waals surface area contributed by atoms with E-state index in [1.807, 2.05) is 48.5 Å². The molecule has 9 nitrogen and oxygen atoms in total. The Kier molecular flexibility index (Phi) is 12.8. The molecular weight excluding hydrogens is 835 g/mol. The van der Waals surface area contributed by atoms with Gasteiger partial charge in [0.15, 0.2) is 0 Å². The van der Waals surface area contributed by atoms with Crippen LogP contribution in [0.4, 0.5) is 11.4 Å². The van der Waals surface area contributed by atoms with Crippen molar-refractivity contribution in [2.75, 3.05) is 62.2 Å². The quantitative estimate of drug-likeness (QED) is 0.151. The molecule has 2 fully saturated rings. The zero-order valence-corrected chi connectivity index (χ0v) is 36.4. The minimum Gasteiger partial charge on any atom is -0.369 e. The molecule has 1 N–H and O–H groups in total. The Morgan fingerprint density at radius 2 is 0.968 bits per heavy atom. The van der Waals surface area contributed by atoms with Gasteiger partial charge >= 0.3 is 0 Å². The summed E-state index contributed by atoms with van der Waals surface area (Å²) in [5.41, 5.74) is 11.4. The number of fused-ring (bicyclic) bond motifs is 2. The average Bonchev–Trinajstić information content (AvgIpc) is 3.31. The second kappa shape index (κ2) is 19.1. The minimum absolute atomic E-state index is 0.0966. The fourth-order valence-corrected chi connectivity index (χ4v) is 8.87. The molecule has 2 aliphatic rings. The van der Waals surface area contributed by atoms with Crippen LogP contribution in [0.3, 0.4) is 0 Å². The number of aromatic nitrogens is 4. The molecule has 4 heterocycles. The van der Waals surface area contributed by atoms with Gasteiger partial charge in [-0.2, -0.15) is 0 Å². The van der Waals surface area contributed by atoms with Gasteiger partial charge in [-0.1, -0.05) is 108 Å². The Morgan fingerprint density at radius 3 is 1.48 bits per heavy atom. The van der Waals surface area contributed by atoms with E-state index in [4.69, 9.17) is 34.8 Å². The number of H-pyrrole nitrogens is 1. The summed E-state index contributed by atoms with van der Waals surface area (Å²) in [6.07, 6.45) is 2.98. The van der Waals surface area contributed by atoms with E-state index in [0.717, 1.165) is 97.6 Å². The number of halogens is 3. The molecule has 0 spiro atoms. The highest BCUT2D eigenvalue weighted by molar-refractivity contribution is 6.34. The Hall–Kier alpha value is -5.81. The molecule has 312 valence electrons. The van der Waals surface area contributed by atoms with Crippen LogP contribution in [-0.4, -0.2) is 82.1 Å². The van der Waals surface area contributed by atoms with Crippen molar-refractivity contribution in [3.63, 3.8) is 0 Å². The molecule has 12 heteroatoms. The van der Waals surface area contributed by atoms with Crippen molar-refractivity contribution < 1.29 is 0 Å². The highest BCUT2D eigenvalue weighted by Gasteiger charge is 2.21. The number of piperazine rings is 2. The summed E-state index contributed by atoms with van der Waals surface area (Å²) in [4.78, 5) is 37.1. The fourth-order valence-electron chi connectivity index (χ4n) is 8.41. The van der Waals surface area contributed by atoms with E-state index in [2.05, 4.69) is 124 Å². The van der Waals surface area contributed by atoms with Gasteiger partial charge in [0.2, 0.25) is 0 Å². The van der Waals surface area contributed by atoms with Gasteiger partial charge in [0.25, 0.3) is 5.56 Å². The van der Waals surface area contributed by atoms with Crippen LogP contribution in [-0.2, 0) is 13.1 Å². The van der Waals surface area contributed by atoms with Crippen molar-refractivity contribution in [2.45, 2.75) is 13.1 Å². The van der Waals surface area contributed by atoms with Gasteiger partial charge in [0.05, 0.1) is 22.7 Å². The summed E-state index contributed by atoms with van der Waals surface area (Å²) in [7, 11) is 0. The van der Waals surface area contributed by atoms with E-state index in [1.165, 1.54) is 51.7 Å². The first-order valence-electron chi connectivity index (χ1n) is 20.8. The molecule has 2 saturated heterocycles. The van der Waals surface area contributed by atoms with Crippen LogP contribution in [0.2, 0.25) is 15.2 Å². The molecule has 0 aliphatic carbocycles. The molecule has 6 aromatic carbocycles. The molecule has 2 aromatic heterocycles. The van der Waals surface area contributed by atoms with Crippen LogP contribution in [0, 0.1) is 0 Å². The zero-order valence-electron chi connectivity index (χ0n) is 34.1. The van der Waals surface area contributed by atoms with Crippen LogP contribution in [0.25, 0.3) is 44.1 Å². The van der Waals surface area contributed by atoms with Crippen molar-refractivity contribution in [3.8, 4) is 22.3 Å². The number of nitrogens with one attached hydrogen (secondary N) is 1. The lowest BCUT2D eigenvalue weighted by Gasteiger charge is -2.36. The van der Waals surface area contributed by atoms with Crippen molar-refractivity contribution in [1.29, 1.82) is 0 Å². The number of aromatic amines is 1. The zero-order chi connectivity index (χ0) is 42.4. The molecule has 8 aromatic rings. The van der Waals surface area contributed by atoms with E-state index in [1.54, 1.807) is 0 Å². The predicted octanol–water partition coefficient (Wildman–Crippen LogP) is 10.5. The number of benzene rings is 6. The first-order valence-corrected chi connectivity index (χ1v) is 22.0. The lowest BCUT2D eigenvalue weighted by molar-refractivity contribution is 0.250. The van der Waals surface area contributed by atoms with Gasteiger partial charge in [-0.15, -0.1) is 0 Å². The maximum Gasteiger partial charge on any atom is 0.258 e. The highest BCUT2D eigenvalue weighted by Crippen LogP contribution is 2.30. The number of hydrogen-bond acceptors (Lipinski definition) is 8. The van der Waals surface area contributed by atoms with Crippen LogP contribution in [0.1, 0.15) is 11.1 Å². The molecular formula is C50H45Cl3N8O. The van der Waals surface area contributed by atoms with E-state index in [9.17, 15) is 4.79 Å². The molecule has 10 rings (SSSR count). The largest absolute Gasteiger partial charge is 0.369 e. The molecule has 0 saturated carbocycles. The van der Waals surface area contributed by atoms with Crippen LogP contribution in [0.15, 0.2) is 151 Å². The summed E-state index contributed by atoms with van der Waals surface area (Å²) in [5, 5.41) is 3.54. The van der Waals surface area contributed by atoms with Gasteiger partial charge in [-0.3, -0.25) is 14.6 Å².